The smallest absolute Gasteiger partial charge is 0.224 e. The molecular weight excluding hydrogens is 440 g/mol. The van der Waals surface area contributed by atoms with E-state index in [1.807, 2.05) is 6.20 Å². The van der Waals surface area contributed by atoms with Crippen LogP contribution in [0.3, 0.4) is 0 Å². The van der Waals surface area contributed by atoms with E-state index < -0.39 is 0 Å². The van der Waals surface area contributed by atoms with Crippen LogP contribution in [-0.2, 0) is 11.3 Å². The summed E-state index contributed by atoms with van der Waals surface area (Å²) < 4.78 is 7.58. The van der Waals surface area contributed by atoms with Crippen molar-refractivity contribution in [2.45, 2.75) is 63.6 Å². The number of aromatic nitrogens is 4. The van der Waals surface area contributed by atoms with Gasteiger partial charge in [0, 0.05) is 37.9 Å². The molecule has 0 radical (unpaired) electrons. The molecule has 8 heteroatoms. The Morgan fingerprint density at radius 2 is 1.77 bits per heavy atom. The van der Waals surface area contributed by atoms with Gasteiger partial charge in [-0.3, -0.25) is 4.90 Å². The van der Waals surface area contributed by atoms with E-state index in [1.165, 1.54) is 24.8 Å². The number of nitrogens with one attached hydrogen (secondary N) is 1. The summed E-state index contributed by atoms with van der Waals surface area (Å²) in [6, 6.07) is 9.03. The fraction of sp³-hybridized carbons (Fsp3) is 0.593. The number of aliphatic hydroxyl groups is 1. The molecule has 8 nitrogen and oxygen atoms in total. The number of anilines is 1. The number of fused-ring (bicyclic) bond motifs is 1. The van der Waals surface area contributed by atoms with Gasteiger partial charge >= 0.3 is 0 Å². The van der Waals surface area contributed by atoms with Gasteiger partial charge in [-0.15, -0.1) is 0 Å². The van der Waals surface area contributed by atoms with Crippen molar-refractivity contribution in [2.75, 3.05) is 38.2 Å². The zero-order valence-corrected chi connectivity index (χ0v) is 20.4. The quantitative estimate of drug-likeness (QED) is 0.533. The van der Waals surface area contributed by atoms with Crippen LogP contribution in [0.15, 0.2) is 30.5 Å². The van der Waals surface area contributed by atoms with Crippen LogP contribution in [0.5, 0.6) is 0 Å². The number of aliphatic hydroxyl groups excluding tert-OH is 1. The van der Waals surface area contributed by atoms with Crippen LogP contribution < -0.4 is 5.32 Å². The standard InChI is InChI=1S/C27H36N6O2/c34-23-10-8-22(9-11-23)33-26-24(17-29-27(30-26)28-16-19-2-1-3-19)25(31-33)21-6-4-20(5-7-21)18-32-12-14-35-15-13-32/h4-7,17,19,22-23,34H,1-3,8-16,18H2,(H,28,29,30). The Morgan fingerprint density at radius 1 is 1.00 bits per heavy atom. The second-order valence-electron chi connectivity index (χ2n) is 10.4. The summed E-state index contributed by atoms with van der Waals surface area (Å²) in [6.07, 6.45) is 9.14. The minimum Gasteiger partial charge on any atom is -0.393 e. The van der Waals surface area contributed by atoms with Gasteiger partial charge in [0.2, 0.25) is 5.95 Å². The zero-order valence-electron chi connectivity index (χ0n) is 20.4. The maximum atomic E-state index is 10.0. The molecule has 3 aliphatic rings. The van der Waals surface area contributed by atoms with Crippen LogP contribution in [0, 0.1) is 5.92 Å². The molecule has 1 aromatic carbocycles. The highest BCUT2D eigenvalue weighted by molar-refractivity contribution is 5.91. The van der Waals surface area contributed by atoms with Crippen LogP contribution in [-0.4, -0.2) is 68.7 Å². The molecule has 2 aliphatic carbocycles. The lowest BCUT2D eigenvalue weighted by atomic mass is 9.85. The topological polar surface area (TPSA) is 88.3 Å². The van der Waals surface area contributed by atoms with Gasteiger partial charge in [-0.05, 0) is 50.0 Å². The van der Waals surface area contributed by atoms with E-state index in [0.717, 1.165) is 93.3 Å². The summed E-state index contributed by atoms with van der Waals surface area (Å²) in [5.41, 5.74) is 4.23. The third-order valence-electron chi connectivity index (χ3n) is 7.97. The molecule has 3 fully saturated rings. The lowest BCUT2D eigenvalue weighted by Gasteiger charge is -2.26. The van der Waals surface area contributed by atoms with Crippen LogP contribution in [0.25, 0.3) is 22.3 Å². The van der Waals surface area contributed by atoms with Crippen LogP contribution in [0.1, 0.15) is 56.6 Å². The molecule has 3 heterocycles. The highest BCUT2D eigenvalue weighted by Crippen LogP contribution is 2.35. The SMILES string of the molecule is OC1CCC(n2nc(-c3ccc(CN4CCOCC4)cc3)c3cnc(NCC4CCC4)nc32)CC1. The Labute approximate surface area is 206 Å². The van der Waals surface area contributed by atoms with Gasteiger partial charge in [0.1, 0.15) is 5.69 Å². The fourth-order valence-corrected chi connectivity index (χ4v) is 5.50. The molecule has 1 aliphatic heterocycles. The van der Waals surface area contributed by atoms with E-state index in [9.17, 15) is 5.11 Å². The number of ether oxygens (including phenoxy) is 1. The average molecular weight is 477 g/mol. The van der Waals surface area contributed by atoms with Crippen molar-refractivity contribution in [1.82, 2.24) is 24.6 Å². The lowest BCUT2D eigenvalue weighted by Crippen LogP contribution is -2.35. The van der Waals surface area contributed by atoms with Crippen molar-refractivity contribution in [1.29, 1.82) is 0 Å². The summed E-state index contributed by atoms with van der Waals surface area (Å²) in [6.45, 7) is 5.49. The Morgan fingerprint density at radius 3 is 2.49 bits per heavy atom. The molecule has 2 aromatic heterocycles. The van der Waals surface area contributed by atoms with Crippen molar-refractivity contribution in [3.63, 3.8) is 0 Å². The molecule has 2 saturated carbocycles. The molecule has 0 atom stereocenters. The molecule has 2 N–H and O–H groups in total. The van der Waals surface area contributed by atoms with Crippen LogP contribution >= 0.6 is 0 Å². The molecule has 0 unspecified atom stereocenters. The maximum absolute atomic E-state index is 10.0. The number of morpholine rings is 1. The molecule has 35 heavy (non-hydrogen) atoms. The first-order valence-corrected chi connectivity index (χ1v) is 13.3. The van der Waals surface area contributed by atoms with Gasteiger partial charge in [-0.25, -0.2) is 9.67 Å². The summed E-state index contributed by atoms with van der Waals surface area (Å²) >= 11 is 0. The molecule has 186 valence electrons. The summed E-state index contributed by atoms with van der Waals surface area (Å²) in [4.78, 5) is 12.0. The predicted octanol–water partition coefficient (Wildman–Crippen LogP) is 4.01. The van der Waals surface area contributed by atoms with E-state index >= 15 is 0 Å². The molecular formula is C27H36N6O2. The number of hydrogen-bond donors (Lipinski definition) is 2. The van der Waals surface area contributed by atoms with Crippen molar-refractivity contribution in [2.24, 2.45) is 5.92 Å². The second kappa shape index (κ2) is 10.2. The highest BCUT2D eigenvalue weighted by Gasteiger charge is 2.26. The number of rotatable bonds is 7. The number of hydrogen-bond acceptors (Lipinski definition) is 7. The molecule has 0 bridgehead atoms. The van der Waals surface area contributed by atoms with Gasteiger partial charge in [-0.1, -0.05) is 30.7 Å². The molecule has 0 spiro atoms. The van der Waals surface area contributed by atoms with Crippen molar-refractivity contribution in [3.05, 3.63) is 36.0 Å². The van der Waals surface area contributed by atoms with Gasteiger partial charge in [0.25, 0.3) is 0 Å². The largest absolute Gasteiger partial charge is 0.393 e. The average Bonchev–Trinajstić information content (AvgIpc) is 3.24. The van der Waals surface area contributed by atoms with Crippen molar-refractivity contribution < 1.29 is 9.84 Å². The van der Waals surface area contributed by atoms with Gasteiger partial charge in [0.15, 0.2) is 5.65 Å². The molecule has 1 saturated heterocycles. The predicted molar refractivity (Wildman–Crippen MR) is 136 cm³/mol. The summed E-state index contributed by atoms with van der Waals surface area (Å²) in [7, 11) is 0. The van der Waals surface area contributed by atoms with Gasteiger partial charge in [-0.2, -0.15) is 10.1 Å². The minimum atomic E-state index is -0.194. The first-order valence-electron chi connectivity index (χ1n) is 13.3. The lowest BCUT2D eigenvalue weighted by molar-refractivity contribution is 0.0342. The van der Waals surface area contributed by atoms with Crippen molar-refractivity contribution in [3.8, 4) is 11.3 Å². The van der Waals surface area contributed by atoms with E-state index in [2.05, 4.69) is 44.1 Å². The van der Waals surface area contributed by atoms with E-state index in [4.69, 9.17) is 14.8 Å². The molecule has 6 rings (SSSR count). The van der Waals surface area contributed by atoms with Gasteiger partial charge in [0.05, 0.1) is 30.7 Å². The molecule has 0 amide bonds. The fourth-order valence-electron chi connectivity index (χ4n) is 5.50. The first-order chi connectivity index (χ1) is 17.2. The minimum absolute atomic E-state index is 0.194. The zero-order chi connectivity index (χ0) is 23.6. The Bertz CT molecular complexity index is 1130. The van der Waals surface area contributed by atoms with Crippen LogP contribution in [0.4, 0.5) is 5.95 Å². The third-order valence-corrected chi connectivity index (χ3v) is 7.97. The normalized spacial score (nSPS) is 23.9. The third kappa shape index (κ3) is 5.06. The number of benzene rings is 1. The van der Waals surface area contributed by atoms with E-state index in [0.29, 0.717) is 5.95 Å². The van der Waals surface area contributed by atoms with Crippen LogP contribution in [0.2, 0.25) is 0 Å². The number of nitrogens with zero attached hydrogens (tertiary/aromatic N) is 5. The van der Waals surface area contributed by atoms with E-state index in [1.54, 1.807) is 0 Å². The molecule has 3 aromatic rings. The Hall–Kier alpha value is -2.55. The van der Waals surface area contributed by atoms with Crippen molar-refractivity contribution >= 4 is 17.0 Å². The van der Waals surface area contributed by atoms with Gasteiger partial charge < -0.3 is 15.2 Å². The Kier molecular flexibility index (Phi) is 6.67. The van der Waals surface area contributed by atoms with E-state index in [-0.39, 0.29) is 12.1 Å². The summed E-state index contributed by atoms with van der Waals surface area (Å²) in [5.74, 6) is 1.43. The summed E-state index contributed by atoms with van der Waals surface area (Å²) in [5, 5.41) is 19.6. The first kappa shape index (κ1) is 22.9. The monoisotopic (exact) mass is 476 g/mol. The maximum Gasteiger partial charge on any atom is 0.224 e. The Balaban J connectivity index is 1.28. The second-order valence-corrected chi connectivity index (χ2v) is 10.4. The highest BCUT2D eigenvalue weighted by atomic mass is 16.5.